The molecule has 5 nitrogen and oxygen atoms in total. The number of nitrogens with one attached hydrogen (secondary N) is 1. The van der Waals surface area contributed by atoms with Crippen LogP contribution in [0, 0.1) is 5.82 Å². The van der Waals surface area contributed by atoms with Gasteiger partial charge in [-0.25, -0.2) is 4.39 Å². The molecule has 130 valence electrons. The van der Waals surface area contributed by atoms with Crippen LogP contribution in [-0.2, 0) is 6.54 Å². The number of hydrogen-bond acceptors (Lipinski definition) is 3. The van der Waals surface area contributed by atoms with Gasteiger partial charge in [0.2, 0.25) is 0 Å². The van der Waals surface area contributed by atoms with Gasteiger partial charge in [-0.05, 0) is 35.9 Å². The standard InChI is InChI=1S/C19H19FN2O3/c1-22(11-12-4-7-18(25-3)15(20)8-12)19(23)17-9-13-5-6-14(24-2)10-16(13)21-17/h4-10,21H,11H2,1-3H3. The van der Waals surface area contributed by atoms with Crippen molar-refractivity contribution in [2.24, 2.45) is 0 Å². The molecule has 0 spiro atoms. The maximum absolute atomic E-state index is 13.8. The van der Waals surface area contributed by atoms with Gasteiger partial charge in [0.05, 0.1) is 14.2 Å². The summed E-state index contributed by atoms with van der Waals surface area (Å²) in [6, 6.07) is 12.0. The van der Waals surface area contributed by atoms with Crippen LogP contribution in [0.5, 0.6) is 11.5 Å². The van der Waals surface area contributed by atoms with Gasteiger partial charge in [-0.1, -0.05) is 6.07 Å². The monoisotopic (exact) mass is 342 g/mol. The molecule has 1 heterocycles. The molecule has 0 aliphatic rings. The van der Waals surface area contributed by atoms with Crippen LogP contribution in [-0.4, -0.2) is 37.1 Å². The lowest BCUT2D eigenvalue weighted by Gasteiger charge is -2.16. The Labute approximate surface area is 145 Å². The van der Waals surface area contributed by atoms with Gasteiger partial charge in [-0.2, -0.15) is 0 Å². The molecule has 0 fully saturated rings. The fourth-order valence-electron chi connectivity index (χ4n) is 2.71. The Kier molecular flexibility index (Phi) is 4.61. The first-order valence-corrected chi connectivity index (χ1v) is 7.76. The molecule has 3 aromatic rings. The van der Waals surface area contributed by atoms with Crippen LogP contribution in [0.15, 0.2) is 42.5 Å². The zero-order chi connectivity index (χ0) is 18.0. The van der Waals surface area contributed by atoms with E-state index in [4.69, 9.17) is 9.47 Å². The lowest BCUT2D eigenvalue weighted by atomic mass is 10.2. The van der Waals surface area contributed by atoms with Gasteiger partial charge < -0.3 is 19.4 Å². The Hall–Kier alpha value is -3.02. The van der Waals surface area contributed by atoms with E-state index in [1.54, 1.807) is 32.4 Å². The quantitative estimate of drug-likeness (QED) is 0.771. The Morgan fingerprint density at radius 1 is 1.12 bits per heavy atom. The van der Waals surface area contributed by atoms with Crippen molar-refractivity contribution in [1.82, 2.24) is 9.88 Å². The molecule has 0 radical (unpaired) electrons. The van der Waals surface area contributed by atoms with E-state index >= 15 is 0 Å². The number of ether oxygens (including phenoxy) is 2. The lowest BCUT2D eigenvalue weighted by Crippen LogP contribution is -2.26. The van der Waals surface area contributed by atoms with Crippen LogP contribution in [0.3, 0.4) is 0 Å². The molecule has 1 N–H and O–H groups in total. The third kappa shape index (κ3) is 3.42. The molecule has 0 atom stereocenters. The minimum absolute atomic E-state index is 0.175. The number of rotatable bonds is 5. The van der Waals surface area contributed by atoms with E-state index in [2.05, 4.69) is 4.98 Å². The number of halogens is 1. The van der Waals surface area contributed by atoms with Crippen LogP contribution in [0.1, 0.15) is 16.1 Å². The average Bonchev–Trinajstić information content (AvgIpc) is 3.04. The van der Waals surface area contributed by atoms with E-state index in [1.807, 2.05) is 18.2 Å². The van der Waals surface area contributed by atoms with Gasteiger partial charge in [-0.3, -0.25) is 4.79 Å². The Balaban J connectivity index is 1.79. The number of nitrogens with zero attached hydrogens (tertiary/aromatic N) is 1. The molecule has 25 heavy (non-hydrogen) atoms. The molecule has 0 aliphatic heterocycles. The highest BCUT2D eigenvalue weighted by atomic mass is 19.1. The van der Waals surface area contributed by atoms with Crippen molar-refractivity contribution in [1.29, 1.82) is 0 Å². The van der Waals surface area contributed by atoms with Crippen molar-refractivity contribution in [3.8, 4) is 11.5 Å². The molecule has 1 aromatic heterocycles. The summed E-state index contributed by atoms with van der Waals surface area (Å²) in [5.74, 6) is 0.280. The minimum atomic E-state index is -0.446. The van der Waals surface area contributed by atoms with E-state index in [0.29, 0.717) is 17.8 Å². The van der Waals surface area contributed by atoms with Crippen LogP contribution >= 0.6 is 0 Å². The highest BCUT2D eigenvalue weighted by Gasteiger charge is 2.16. The van der Waals surface area contributed by atoms with E-state index in [9.17, 15) is 9.18 Å². The number of aromatic amines is 1. The molecule has 2 aromatic carbocycles. The normalized spacial score (nSPS) is 10.7. The Morgan fingerprint density at radius 3 is 2.60 bits per heavy atom. The zero-order valence-electron chi connectivity index (χ0n) is 14.3. The van der Waals surface area contributed by atoms with E-state index in [0.717, 1.165) is 16.7 Å². The van der Waals surface area contributed by atoms with Crippen molar-refractivity contribution >= 4 is 16.8 Å². The van der Waals surface area contributed by atoms with Crippen LogP contribution < -0.4 is 9.47 Å². The molecule has 3 rings (SSSR count). The molecule has 0 aliphatic carbocycles. The van der Waals surface area contributed by atoms with Crippen molar-refractivity contribution in [3.05, 3.63) is 59.5 Å². The highest BCUT2D eigenvalue weighted by molar-refractivity contribution is 5.98. The minimum Gasteiger partial charge on any atom is -0.497 e. The maximum Gasteiger partial charge on any atom is 0.270 e. The van der Waals surface area contributed by atoms with Crippen LogP contribution in [0.4, 0.5) is 4.39 Å². The fourth-order valence-corrected chi connectivity index (χ4v) is 2.71. The summed E-state index contributed by atoms with van der Waals surface area (Å²) in [5, 5.41) is 0.924. The molecule has 0 unspecified atom stereocenters. The first kappa shape index (κ1) is 16.8. The second kappa shape index (κ2) is 6.84. The SMILES string of the molecule is COc1ccc2cc(C(=O)N(C)Cc3ccc(OC)c(F)c3)[nH]c2c1. The zero-order valence-corrected chi connectivity index (χ0v) is 14.3. The van der Waals surface area contributed by atoms with Crippen LogP contribution in [0.25, 0.3) is 10.9 Å². The number of aromatic nitrogens is 1. The summed E-state index contributed by atoms with van der Waals surface area (Å²) in [7, 11) is 4.69. The summed E-state index contributed by atoms with van der Waals surface area (Å²) in [5.41, 5.74) is 1.98. The Morgan fingerprint density at radius 2 is 1.92 bits per heavy atom. The smallest absolute Gasteiger partial charge is 0.270 e. The summed E-state index contributed by atoms with van der Waals surface area (Å²) < 4.78 is 23.9. The fraction of sp³-hybridized carbons (Fsp3) is 0.211. The number of amides is 1. The van der Waals surface area contributed by atoms with Crippen molar-refractivity contribution in [2.45, 2.75) is 6.54 Å². The van der Waals surface area contributed by atoms with Gasteiger partial charge in [0.15, 0.2) is 11.6 Å². The molecule has 6 heteroatoms. The highest BCUT2D eigenvalue weighted by Crippen LogP contribution is 2.23. The number of fused-ring (bicyclic) bond motifs is 1. The summed E-state index contributed by atoms with van der Waals surface area (Å²) >= 11 is 0. The number of benzene rings is 2. The van der Waals surface area contributed by atoms with Crippen molar-refractivity contribution in [2.75, 3.05) is 21.3 Å². The van der Waals surface area contributed by atoms with E-state index in [1.165, 1.54) is 18.1 Å². The van der Waals surface area contributed by atoms with Gasteiger partial charge in [0.1, 0.15) is 11.4 Å². The molecular formula is C19H19FN2O3. The predicted octanol–water partition coefficient (Wildman–Crippen LogP) is 3.60. The largest absolute Gasteiger partial charge is 0.497 e. The van der Waals surface area contributed by atoms with Gasteiger partial charge >= 0.3 is 0 Å². The second-order valence-electron chi connectivity index (χ2n) is 5.77. The van der Waals surface area contributed by atoms with E-state index < -0.39 is 5.82 Å². The lowest BCUT2D eigenvalue weighted by molar-refractivity contribution is 0.0780. The molecule has 0 saturated heterocycles. The third-order valence-electron chi connectivity index (χ3n) is 4.04. The molecule has 1 amide bonds. The first-order chi connectivity index (χ1) is 12.0. The molecule has 0 saturated carbocycles. The topological polar surface area (TPSA) is 54.6 Å². The number of hydrogen-bond donors (Lipinski definition) is 1. The summed E-state index contributed by atoms with van der Waals surface area (Å²) in [4.78, 5) is 17.3. The van der Waals surface area contributed by atoms with Gasteiger partial charge in [0.25, 0.3) is 5.91 Å². The Bertz CT molecular complexity index is 920. The molecular weight excluding hydrogens is 323 g/mol. The number of methoxy groups -OCH3 is 2. The van der Waals surface area contributed by atoms with Gasteiger partial charge in [0, 0.05) is 30.6 Å². The first-order valence-electron chi connectivity index (χ1n) is 7.76. The maximum atomic E-state index is 13.8. The predicted molar refractivity (Wildman–Crippen MR) is 93.6 cm³/mol. The molecule has 0 bridgehead atoms. The second-order valence-corrected chi connectivity index (χ2v) is 5.77. The van der Waals surface area contributed by atoms with Gasteiger partial charge in [-0.15, -0.1) is 0 Å². The summed E-state index contributed by atoms with van der Waals surface area (Å²) in [6.45, 7) is 0.290. The summed E-state index contributed by atoms with van der Waals surface area (Å²) in [6.07, 6.45) is 0. The number of H-pyrrole nitrogens is 1. The van der Waals surface area contributed by atoms with Crippen molar-refractivity contribution in [3.63, 3.8) is 0 Å². The van der Waals surface area contributed by atoms with Crippen LogP contribution in [0.2, 0.25) is 0 Å². The number of carbonyl (C=O) groups excluding carboxylic acids is 1. The number of carbonyl (C=O) groups is 1. The third-order valence-corrected chi connectivity index (χ3v) is 4.04. The average molecular weight is 342 g/mol. The van der Waals surface area contributed by atoms with Crippen molar-refractivity contribution < 1.29 is 18.7 Å². The van der Waals surface area contributed by atoms with E-state index in [-0.39, 0.29) is 11.7 Å².